The number of amides is 2. The van der Waals surface area contributed by atoms with Crippen LogP contribution in [0.4, 0.5) is 0 Å². The summed E-state index contributed by atoms with van der Waals surface area (Å²) in [6, 6.07) is 29.4. The van der Waals surface area contributed by atoms with Crippen molar-refractivity contribution < 1.29 is 42.9 Å². The van der Waals surface area contributed by atoms with Gasteiger partial charge in [0.25, 0.3) is 0 Å². The first-order chi connectivity index (χ1) is 44.4. The largest absolute Gasteiger partial charge is 0.462 e. The fraction of sp³-hybridized carbons (Fsp3) is 0.431. The molecule has 0 bridgehead atoms. The Morgan fingerprint density at radius 3 is 1.33 bits per heavy atom. The topological polar surface area (TPSA) is 238 Å². The molecular weight excluding hydrogens is 1150 g/mol. The van der Waals surface area contributed by atoms with Crippen molar-refractivity contribution in [1.29, 1.82) is 0 Å². The van der Waals surface area contributed by atoms with E-state index in [1.807, 2.05) is 132 Å². The van der Waals surface area contributed by atoms with E-state index >= 15 is 0 Å². The molecule has 0 saturated heterocycles. The van der Waals surface area contributed by atoms with Gasteiger partial charge in [-0.1, -0.05) is 206 Å². The average molecular weight is 1240 g/mol. The summed E-state index contributed by atoms with van der Waals surface area (Å²) < 4.78 is 22.9. The minimum Gasteiger partial charge on any atom is -0.462 e. The van der Waals surface area contributed by atoms with Crippen molar-refractivity contribution in [3.05, 3.63) is 169 Å². The summed E-state index contributed by atoms with van der Waals surface area (Å²) in [5, 5.41) is 29.2. The second-order valence-corrected chi connectivity index (χ2v) is 22.7. The van der Waals surface area contributed by atoms with Gasteiger partial charge in [0.15, 0.2) is 0 Å². The number of hydrogen-bond acceptors (Lipinski definition) is 15. The third kappa shape index (κ3) is 24.4. The Balaban J connectivity index is 0.985. The van der Waals surface area contributed by atoms with Crippen LogP contribution in [0.3, 0.4) is 0 Å². The minimum atomic E-state index is -0.943. The molecule has 0 aliphatic heterocycles. The highest BCUT2D eigenvalue weighted by Gasteiger charge is 2.35. The van der Waals surface area contributed by atoms with E-state index in [2.05, 4.69) is 109 Å². The van der Waals surface area contributed by atoms with Crippen molar-refractivity contribution in [2.24, 2.45) is 11.8 Å². The summed E-state index contributed by atoms with van der Waals surface area (Å²) in [5.74, 6) is -1.47. The summed E-state index contributed by atoms with van der Waals surface area (Å²) in [7, 11) is 0. The fourth-order valence-corrected chi connectivity index (χ4v) is 10.3. The zero-order valence-corrected chi connectivity index (χ0v) is 53.9. The van der Waals surface area contributed by atoms with Crippen molar-refractivity contribution in [2.75, 3.05) is 33.0 Å². The number of benzene rings is 4. The third-order valence-electron chi connectivity index (χ3n) is 15.0. The second kappa shape index (κ2) is 40.6. The van der Waals surface area contributed by atoms with E-state index in [-0.39, 0.29) is 82.0 Å². The lowest BCUT2D eigenvalue weighted by molar-refractivity contribution is -0.161. The first kappa shape index (κ1) is 71.1. The number of unbranched alkanes of at least 4 members (excludes halogenated alkanes) is 3. The molecule has 2 atom stereocenters. The number of hydrogen-bond donors (Lipinski definition) is 2. The first-order valence-corrected chi connectivity index (χ1v) is 32.1. The Kier molecular flexibility index (Phi) is 31.7. The highest BCUT2D eigenvalue weighted by atomic mass is 16.6. The average Bonchev–Trinajstić information content (AvgIpc) is 2.82. The molecule has 484 valence electrons. The molecule has 0 aliphatic rings. The molecule has 91 heavy (non-hydrogen) atoms. The number of H-pyrrole nitrogens is 2. The molecule has 19 heteroatoms. The van der Waals surface area contributed by atoms with Crippen molar-refractivity contribution >= 4 is 29.7 Å². The van der Waals surface area contributed by atoms with E-state index in [0.717, 1.165) is 89.5 Å². The van der Waals surface area contributed by atoms with Crippen LogP contribution in [-0.2, 0) is 56.0 Å². The van der Waals surface area contributed by atoms with Crippen LogP contribution < -0.4 is 0 Å². The zero-order chi connectivity index (χ0) is 64.8. The van der Waals surface area contributed by atoms with E-state index in [1.165, 1.54) is 0 Å². The van der Waals surface area contributed by atoms with Crippen LogP contribution in [0.5, 0.6) is 0 Å². The van der Waals surface area contributed by atoms with Crippen LogP contribution >= 0.6 is 0 Å². The molecular formula is C72H92N10O9. The Morgan fingerprint density at radius 1 is 0.462 bits per heavy atom. The molecule has 0 aliphatic carbocycles. The molecule has 19 nitrogen and oxygen atoms in total. The zero-order valence-electron chi connectivity index (χ0n) is 53.9. The van der Waals surface area contributed by atoms with Gasteiger partial charge in [0, 0.05) is 50.1 Å². The Morgan fingerprint density at radius 2 is 0.890 bits per heavy atom. The third-order valence-corrected chi connectivity index (χ3v) is 15.0. The van der Waals surface area contributed by atoms with Crippen molar-refractivity contribution in [1.82, 2.24) is 51.0 Å². The summed E-state index contributed by atoms with van der Waals surface area (Å²) in [6.07, 6.45) is 30.7. The fourth-order valence-electron chi connectivity index (χ4n) is 10.3. The molecule has 2 amide bonds. The number of carbonyl (C=O) groups excluding carboxylic acids is 5. The van der Waals surface area contributed by atoms with Gasteiger partial charge in [0.05, 0.1) is 6.61 Å². The molecule has 2 aromatic heterocycles. The van der Waals surface area contributed by atoms with Crippen LogP contribution in [-0.4, -0.2) is 126 Å². The normalized spacial score (nSPS) is 12.5. The van der Waals surface area contributed by atoms with E-state index in [4.69, 9.17) is 18.9 Å². The van der Waals surface area contributed by atoms with Gasteiger partial charge in [-0.3, -0.25) is 14.4 Å². The van der Waals surface area contributed by atoms with Crippen molar-refractivity contribution in [3.8, 4) is 45.0 Å². The molecule has 0 fully saturated rings. The number of rotatable bonds is 41. The number of aromatic amines is 2. The SMILES string of the molecule is CC/C=C\C/C=C\C/C=C\C/C=C\C/C=C\CCCC(=O)OCCOC(=O)[C@H](C(C)C)N(Cc1ccc(-c2ccccc2-c2nn[nH]n2)cc1)C(=O)CCCCOCCOC(=O)[C@H](C(C)C)N(Cc1ccc(-c2ccccc2-c2nn[nH]n2)cc1)C(=O)CCCC. The van der Waals surface area contributed by atoms with E-state index < -0.39 is 24.0 Å². The molecule has 2 N–H and O–H groups in total. The van der Waals surface area contributed by atoms with E-state index in [9.17, 15) is 24.0 Å². The molecule has 6 aromatic rings. The molecule has 6 rings (SSSR count). The first-order valence-electron chi connectivity index (χ1n) is 32.1. The highest BCUT2D eigenvalue weighted by Crippen LogP contribution is 2.32. The lowest BCUT2D eigenvalue weighted by Gasteiger charge is -2.33. The van der Waals surface area contributed by atoms with Gasteiger partial charge in [-0.15, -0.1) is 20.4 Å². The summed E-state index contributed by atoms with van der Waals surface area (Å²) >= 11 is 0. The molecule has 4 aromatic carbocycles. The maximum absolute atomic E-state index is 14.4. The van der Waals surface area contributed by atoms with Gasteiger partial charge in [0.2, 0.25) is 23.5 Å². The second-order valence-electron chi connectivity index (χ2n) is 22.7. The quantitative estimate of drug-likeness (QED) is 0.0157. The molecule has 0 spiro atoms. The van der Waals surface area contributed by atoms with Gasteiger partial charge in [0.1, 0.15) is 31.9 Å². The summed E-state index contributed by atoms with van der Waals surface area (Å²) in [6.45, 7) is 12.2. The van der Waals surface area contributed by atoms with E-state index in [0.29, 0.717) is 50.4 Å². The molecule has 2 heterocycles. The number of carbonyl (C=O) groups is 5. The molecule has 0 radical (unpaired) electrons. The molecule has 0 saturated carbocycles. The maximum atomic E-state index is 14.4. The Bertz CT molecular complexity index is 3260. The highest BCUT2D eigenvalue weighted by molar-refractivity contribution is 5.86. The van der Waals surface area contributed by atoms with Gasteiger partial charge in [-0.25, -0.2) is 9.59 Å². The van der Waals surface area contributed by atoms with Gasteiger partial charge in [-0.2, -0.15) is 10.4 Å². The molecule has 0 unspecified atom stereocenters. The summed E-state index contributed by atoms with van der Waals surface area (Å²) in [4.78, 5) is 72.0. The predicted molar refractivity (Wildman–Crippen MR) is 354 cm³/mol. The van der Waals surface area contributed by atoms with Crippen molar-refractivity contribution in [3.63, 3.8) is 0 Å². The lowest BCUT2D eigenvalue weighted by atomic mass is 9.97. The number of esters is 3. The number of nitrogens with one attached hydrogen (secondary N) is 2. The van der Waals surface area contributed by atoms with E-state index in [1.54, 1.807) is 9.80 Å². The standard InChI is InChI=1S/C72H92N10O9/c1-7-9-11-12-13-14-15-16-17-18-19-20-21-22-23-24-25-38-66(85)89-50-51-91-72(87)68(55(5)6)82(53-57-41-45-59(46-42-57)61-33-27-29-35-63(61)70-75-79-80-76-70)65(84)37-30-31-47-88-48-49-90-71(86)67(54(3)4)81(64(83)36-10-8-2)52-56-39-43-58(44-40-56)60-32-26-28-34-62(60)69-73-77-78-74-69/h9,11,13-14,16-17,19-20,22-23,26-29,32-35,39-46,54-55,67-68H,7-8,10,12,15,18,21,24-25,30-31,36-38,47-53H2,1-6H3,(H,73,74,77,78)(H,75,76,79,80)/b11-9-,14-13-,17-16-,20-19-,23-22-/t67-,68-/m0/s1. The van der Waals surface area contributed by atoms with Crippen LogP contribution in [0.1, 0.15) is 143 Å². The van der Waals surface area contributed by atoms with Gasteiger partial charge in [-0.05, 0) is 120 Å². The number of nitrogens with zero attached hydrogens (tertiary/aromatic N) is 8. The van der Waals surface area contributed by atoms with Crippen LogP contribution in [0.25, 0.3) is 45.0 Å². The van der Waals surface area contributed by atoms with Gasteiger partial charge < -0.3 is 28.7 Å². The van der Waals surface area contributed by atoms with Crippen molar-refractivity contribution in [2.45, 2.75) is 157 Å². The summed E-state index contributed by atoms with van der Waals surface area (Å²) in [5.41, 5.74) is 6.95. The maximum Gasteiger partial charge on any atom is 0.329 e. The minimum absolute atomic E-state index is 0.0229. The number of allylic oxidation sites excluding steroid dienone is 10. The number of aromatic nitrogens is 8. The monoisotopic (exact) mass is 1240 g/mol. The predicted octanol–water partition coefficient (Wildman–Crippen LogP) is 13.7. The Labute approximate surface area is 536 Å². The number of ether oxygens (including phenoxy) is 4. The van der Waals surface area contributed by atoms with Crippen LogP contribution in [0, 0.1) is 11.8 Å². The smallest absolute Gasteiger partial charge is 0.329 e. The van der Waals surface area contributed by atoms with Gasteiger partial charge >= 0.3 is 17.9 Å². The van der Waals surface area contributed by atoms with Crippen LogP contribution in [0.15, 0.2) is 158 Å². The number of tetrazole rings is 2. The lowest BCUT2D eigenvalue weighted by Crippen LogP contribution is -2.48. The Hall–Kier alpha value is -8.97. The van der Waals surface area contributed by atoms with Crippen LogP contribution in [0.2, 0.25) is 0 Å².